The molecule has 0 saturated heterocycles. The van der Waals surface area contributed by atoms with Gasteiger partial charge in [0.15, 0.2) is 0 Å². The first-order valence-electron chi connectivity index (χ1n) is 2.18. The lowest BCUT2D eigenvalue weighted by atomic mass is 10.7. The van der Waals surface area contributed by atoms with Crippen LogP contribution in [0.3, 0.4) is 0 Å². The maximum atomic E-state index is 9.25. The Kier molecular flexibility index (Phi) is 11.7. The number of methoxy groups -OCH3 is 1. The fourth-order valence-corrected chi connectivity index (χ4v) is 0. The molecular formula is C6H10O3. The van der Waals surface area contributed by atoms with Crippen LogP contribution in [0.25, 0.3) is 0 Å². The monoisotopic (exact) mass is 130 g/mol. The SMILES string of the molecule is C=CC(=O)O.C=COC. The van der Waals surface area contributed by atoms with Crippen molar-refractivity contribution in [2.24, 2.45) is 0 Å². The molecule has 0 saturated carbocycles. The molecule has 0 aromatic carbocycles. The van der Waals surface area contributed by atoms with Crippen LogP contribution in [0.1, 0.15) is 0 Å². The Morgan fingerprint density at radius 1 is 1.67 bits per heavy atom. The van der Waals surface area contributed by atoms with E-state index >= 15 is 0 Å². The number of carboxylic acids is 1. The van der Waals surface area contributed by atoms with Gasteiger partial charge in [-0.05, 0) is 0 Å². The Morgan fingerprint density at radius 3 is 1.89 bits per heavy atom. The number of rotatable bonds is 2. The van der Waals surface area contributed by atoms with Gasteiger partial charge in [0.25, 0.3) is 0 Å². The van der Waals surface area contributed by atoms with Crippen molar-refractivity contribution in [3.8, 4) is 0 Å². The van der Waals surface area contributed by atoms with Crippen molar-refractivity contribution >= 4 is 5.97 Å². The third-order valence-electron chi connectivity index (χ3n) is 0.341. The molecule has 1 N–H and O–H groups in total. The molecule has 0 rings (SSSR count). The highest BCUT2D eigenvalue weighted by Gasteiger charge is 1.73. The van der Waals surface area contributed by atoms with E-state index in [4.69, 9.17) is 5.11 Å². The van der Waals surface area contributed by atoms with Crippen molar-refractivity contribution in [2.75, 3.05) is 7.11 Å². The van der Waals surface area contributed by atoms with E-state index in [1.54, 1.807) is 7.11 Å². The van der Waals surface area contributed by atoms with E-state index in [0.29, 0.717) is 0 Å². The molecule has 52 valence electrons. The zero-order valence-corrected chi connectivity index (χ0v) is 5.33. The smallest absolute Gasteiger partial charge is 0.327 e. The second kappa shape index (κ2) is 9.89. The van der Waals surface area contributed by atoms with Gasteiger partial charge in [-0.15, -0.1) is 0 Å². The van der Waals surface area contributed by atoms with E-state index in [9.17, 15) is 4.79 Å². The molecule has 0 amide bonds. The predicted molar refractivity (Wildman–Crippen MR) is 35.0 cm³/mol. The summed E-state index contributed by atoms with van der Waals surface area (Å²) in [7, 11) is 1.56. The molecule has 9 heavy (non-hydrogen) atoms. The van der Waals surface area contributed by atoms with Gasteiger partial charge in [0.2, 0.25) is 0 Å². The minimum atomic E-state index is -0.981. The van der Waals surface area contributed by atoms with Crippen LogP contribution in [-0.2, 0) is 9.53 Å². The summed E-state index contributed by atoms with van der Waals surface area (Å²) in [6.45, 7) is 6.22. The van der Waals surface area contributed by atoms with Gasteiger partial charge in [-0.1, -0.05) is 13.2 Å². The van der Waals surface area contributed by atoms with E-state index in [0.717, 1.165) is 6.08 Å². The average molecular weight is 130 g/mol. The van der Waals surface area contributed by atoms with Crippen molar-refractivity contribution in [3.05, 3.63) is 25.5 Å². The second-order valence-electron chi connectivity index (χ2n) is 0.945. The molecule has 3 nitrogen and oxygen atoms in total. The Morgan fingerprint density at radius 2 is 1.89 bits per heavy atom. The van der Waals surface area contributed by atoms with Crippen molar-refractivity contribution < 1.29 is 14.6 Å². The molecule has 0 fully saturated rings. The zero-order valence-electron chi connectivity index (χ0n) is 5.33. The van der Waals surface area contributed by atoms with Gasteiger partial charge in [0, 0.05) is 6.08 Å². The van der Waals surface area contributed by atoms with Crippen LogP contribution < -0.4 is 0 Å². The van der Waals surface area contributed by atoms with Crippen LogP contribution in [0.15, 0.2) is 25.5 Å². The molecular weight excluding hydrogens is 120 g/mol. The first-order chi connectivity index (χ1) is 4.18. The number of hydrogen-bond donors (Lipinski definition) is 1. The van der Waals surface area contributed by atoms with Crippen LogP contribution in [0.2, 0.25) is 0 Å². The van der Waals surface area contributed by atoms with Crippen LogP contribution in [0.4, 0.5) is 0 Å². The van der Waals surface area contributed by atoms with Gasteiger partial charge in [0.05, 0.1) is 13.4 Å². The van der Waals surface area contributed by atoms with Crippen LogP contribution in [-0.4, -0.2) is 18.2 Å². The summed E-state index contributed by atoms with van der Waals surface area (Å²) in [4.78, 5) is 9.25. The van der Waals surface area contributed by atoms with Crippen LogP contribution in [0.5, 0.6) is 0 Å². The third kappa shape index (κ3) is 49.7. The summed E-state index contributed by atoms with van der Waals surface area (Å²) in [5.74, 6) is -0.981. The Balaban J connectivity index is 0. The van der Waals surface area contributed by atoms with Gasteiger partial charge >= 0.3 is 5.97 Å². The largest absolute Gasteiger partial charge is 0.505 e. The summed E-state index contributed by atoms with van der Waals surface area (Å²) in [5.41, 5.74) is 0. The lowest BCUT2D eigenvalue weighted by Crippen LogP contribution is -1.82. The van der Waals surface area contributed by atoms with Gasteiger partial charge in [0.1, 0.15) is 0 Å². The van der Waals surface area contributed by atoms with Crippen molar-refractivity contribution in [1.29, 1.82) is 0 Å². The minimum Gasteiger partial charge on any atom is -0.505 e. The van der Waals surface area contributed by atoms with Gasteiger partial charge in [-0.25, -0.2) is 4.79 Å². The highest BCUT2D eigenvalue weighted by molar-refractivity contribution is 5.78. The summed E-state index contributed by atoms with van der Waals surface area (Å²) in [6.07, 6.45) is 2.21. The maximum absolute atomic E-state index is 9.25. The van der Waals surface area contributed by atoms with Crippen LogP contribution >= 0.6 is 0 Å². The summed E-state index contributed by atoms with van der Waals surface area (Å²) < 4.78 is 4.31. The molecule has 0 aliphatic rings. The fourth-order valence-electron chi connectivity index (χ4n) is 0. The van der Waals surface area contributed by atoms with Crippen molar-refractivity contribution in [2.45, 2.75) is 0 Å². The quantitative estimate of drug-likeness (QED) is 0.448. The maximum Gasteiger partial charge on any atom is 0.327 e. The van der Waals surface area contributed by atoms with E-state index in [1.165, 1.54) is 6.26 Å². The molecule has 0 radical (unpaired) electrons. The first-order valence-corrected chi connectivity index (χ1v) is 2.18. The molecule has 0 aromatic rings. The van der Waals surface area contributed by atoms with Crippen molar-refractivity contribution in [3.63, 3.8) is 0 Å². The Labute approximate surface area is 54.3 Å². The Bertz CT molecular complexity index is 96.5. The second-order valence-corrected chi connectivity index (χ2v) is 0.945. The van der Waals surface area contributed by atoms with E-state index in [2.05, 4.69) is 17.9 Å². The normalized spacial score (nSPS) is 5.89. The molecule has 0 heterocycles. The highest BCUT2D eigenvalue weighted by atomic mass is 16.5. The molecule has 0 aliphatic carbocycles. The number of ether oxygens (including phenoxy) is 1. The molecule has 0 spiro atoms. The van der Waals surface area contributed by atoms with E-state index in [-0.39, 0.29) is 0 Å². The average Bonchev–Trinajstić information content (AvgIpc) is 1.89. The van der Waals surface area contributed by atoms with Crippen molar-refractivity contribution in [1.82, 2.24) is 0 Å². The number of aliphatic carboxylic acids is 1. The predicted octanol–water partition coefficient (Wildman–Crippen LogP) is 1.03. The van der Waals surface area contributed by atoms with Gasteiger partial charge in [-0.3, -0.25) is 0 Å². The fraction of sp³-hybridized carbons (Fsp3) is 0.167. The molecule has 0 bridgehead atoms. The zero-order chi connectivity index (χ0) is 7.70. The van der Waals surface area contributed by atoms with Crippen LogP contribution in [0, 0.1) is 0 Å². The van der Waals surface area contributed by atoms with E-state index < -0.39 is 5.97 Å². The van der Waals surface area contributed by atoms with E-state index in [1.807, 2.05) is 0 Å². The standard InChI is InChI=1S/C3H4O2.C3H6O/c1-2-3(4)5;1-3-4-2/h2H,1H2,(H,4,5);3H,1H2,2H3. The minimum absolute atomic E-state index is 0.833. The summed E-state index contributed by atoms with van der Waals surface area (Å²) in [6, 6.07) is 0. The molecule has 0 aliphatic heterocycles. The summed E-state index contributed by atoms with van der Waals surface area (Å²) in [5, 5.41) is 7.60. The molecule has 0 unspecified atom stereocenters. The Hall–Kier alpha value is -1.25. The molecule has 0 aromatic heterocycles. The summed E-state index contributed by atoms with van der Waals surface area (Å²) >= 11 is 0. The number of hydrogen-bond acceptors (Lipinski definition) is 2. The molecule has 0 atom stereocenters. The third-order valence-corrected chi connectivity index (χ3v) is 0.341. The first kappa shape index (κ1) is 10.7. The lowest BCUT2D eigenvalue weighted by molar-refractivity contribution is -0.131. The number of carboxylic acid groups (broad SMARTS) is 1. The lowest BCUT2D eigenvalue weighted by Gasteiger charge is -1.73. The van der Waals surface area contributed by atoms with Gasteiger partial charge < -0.3 is 9.84 Å². The molecule has 3 heteroatoms. The topological polar surface area (TPSA) is 46.5 Å². The number of carbonyl (C=O) groups is 1. The highest BCUT2D eigenvalue weighted by Crippen LogP contribution is 1.54. The van der Waals surface area contributed by atoms with Gasteiger partial charge in [-0.2, -0.15) is 0 Å².